The molecule has 21 heavy (non-hydrogen) atoms. The normalized spacial score (nSPS) is 24.1. The van der Waals surface area contributed by atoms with Crippen molar-refractivity contribution in [1.29, 1.82) is 0 Å². The van der Waals surface area contributed by atoms with Crippen LogP contribution < -0.4 is 5.01 Å². The van der Waals surface area contributed by atoms with Gasteiger partial charge in [-0.15, -0.1) is 0 Å². The van der Waals surface area contributed by atoms with Gasteiger partial charge < -0.3 is 0 Å². The standard InChI is InChI=1S/C19H20N2/c1-19-13-8-14-20(21(19)17-11-6-3-7-12-17)18(15-19)16-9-4-2-5-10-16/h2-7,9-12,15H,8,13-14H2,1H3. The third-order valence-corrected chi connectivity index (χ3v) is 4.57. The van der Waals surface area contributed by atoms with Crippen LogP contribution in [0.15, 0.2) is 66.7 Å². The third kappa shape index (κ3) is 1.94. The maximum absolute atomic E-state index is 2.47. The third-order valence-electron chi connectivity index (χ3n) is 4.57. The first-order chi connectivity index (χ1) is 10.3. The van der Waals surface area contributed by atoms with Crippen molar-refractivity contribution in [3.63, 3.8) is 0 Å². The van der Waals surface area contributed by atoms with Crippen LogP contribution in [0.3, 0.4) is 0 Å². The molecule has 0 N–H and O–H groups in total. The molecule has 2 aromatic carbocycles. The molecule has 106 valence electrons. The van der Waals surface area contributed by atoms with Crippen LogP contribution >= 0.6 is 0 Å². The van der Waals surface area contributed by atoms with Gasteiger partial charge in [0.1, 0.15) is 0 Å². The second kappa shape index (κ2) is 4.66. The van der Waals surface area contributed by atoms with E-state index in [0.717, 1.165) is 6.54 Å². The van der Waals surface area contributed by atoms with Crippen molar-refractivity contribution in [2.75, 3.05) is 11.6 Å². The topological polar surface area (TPSA) is 6.48 Å². The van der Waals surface area contributed by atoms with E-state index in [4.69, 9.17) is 0 Å². The summed E-state index contributed by atoms with van der Waals surface area (Å²) in [6, 6.07) is 21.5. The van der Waals surface area contributed by atoms with E-state index >= 15 is 0 Å². The summed E-state index contributed by atoms with van der Waals surface area (Å²) >= 11 is 0. The molecule has 1 saturated heterocycles. The van der Waals surface area contributed by atoms with Gasteiger partial charge in [-0.25, -0.2) is 0 Å². The molecule has 2 bridgehead atoms. The highest BCUT2D eigenvalue weighted by molar-refractivity contribution is 5.73. The Morgan fingerprint density at radius 1 is 0.905 bits per heavy atom. The van der Waals surface area contributed by atoms with Crippen LogP contribution in [0.4, 0.5) is 5.69 Å². The molecule has 4 rings (SSSR count). The summed E-state index contributed by atoms with van der Waals surface area (Å²) in [4.78, 5) is 0. The molecule has 2 heteroatoms. The van der Waals surface area contributed by atoms with E-state index in [2.05, 4.69) is 83.7 Å². The summed E-state index contributed by atoms with van der Waals surface area (Å²) in [5.74, 6) is 0. The smallest absolute Gasteiger partial charge is 0.0790 e. The Hall–Kier alpha value is -2.22. The van der Waals surface area contributed by atoms with Gasteiger partial charge in [-0.1, -0.05) is 48.5 Å². The van der Waals surface area contributed by atoms with Gasteiger partial charge in [-0.3, -0.25) is 10.0 Å². The first kappa shape index (κ1) is 12.5. The number of hydrazine groups is 1. The summed E-state index contributed by atoms with van der Waals surface area (Å²) in [7, 11) is 0. The van der Waals surface area contributed by atoms with E-state index in [1.165, 1.54) is 29.8 Å². The molecule has 0 amide bonds. The van der Waals surface area contributed by atoms with Gasteiger partial charge in [0.25, 0.3) is 0 Å². The Kier molecular flexibility index (Phi) is 2.78. The highest BCUT2D eigenvalue weighted by Gasteiger charge is 2.44. The summed E-state index contributed by atoms with van der Waals surface area (Å²) < 4.78 is 0. The number of hydrogen-bond acceptors (Lipinski definition) is 2. The molecule has 0 saturated carbocycles. The van der Waals surface area contributed by atoms with Crippen LogP contribution in [-0.4, -0.2) is 17.1 Å². The van der Waals surface area contributed by atoms with E-state index in [-0.39, 0.29) is 5.54 Å². The maximum atomic E-state index is 2.47. The number of fused-ring (bicyclic) bond motifs is 2. The fourth-order valence-electron chi connectivity index (χ4n) is 3.64. The van der Waals surface area contributed by atoms with Gasteiger partial charge in [0.15, 0.2) is 0 Å². The average molecular weight is 276 g/mol. The number of nitrogens with zero attached hydrogens (tertiary/aromatic N) is 2. The average Bonchev–Trinajstić information content (AvgIpc) is 2.71. The fourth-order valence-corrected chi connectivity index (χ4v) is 3.64. The second-order valence-corrected chi connectivity index (χ2v) is 6.13. The van der Waals surface area contributed by atoms with Crippen molar-refractivity contribution in [2.24, 2.45) is 0 Å². The predicted molar refractivity (Wildman–Crippen MR) is 87.7 cm³/mol. The fraction of sp³-hybridized carbons (Fsp3) is 0.263. The van der Waals surface area contributed by atoms with E-state index < -0.39 is 0 Å². The number of hydrogen-bond donors (Lipinski definition) is 0. The van der Waals surface area contributed by atoms with Gasteiger partial charge in [-0.2, -0.15) is 0 Å². The highest BCUT2D eigenvalue weighted by Crippen LogP contribution is 2.45. The lowest BCUT2D eigenvalue weighted by Gasteiger charge is -2.46. The molecular weight excluding hydrogens is 256 g/mol. The SMILES string of the molecule is CC12C=C(c3ccccc3)N(CCC1)N2c1ccccc1. The van der Waals surface area contributed by atoms with Crippen molar-refractivity contribution in [3.05, 3.63) is 72.3 Å². The minimum atomic E-state index is 0.0881. The lowest BCUT2D eigenvalue weighted by molar-refractivity contribution is 0.247. The number of rotatable bonds is 2. The first-order valence-electron chi connectivity index (χ1n) is 7.69. The Morgan fingerprint density at radius 2 is 1.57 bits per heavy atom. The Morgan fingerprint density at radius 3 is 2.29 bits per heavy atom. The molecule has 2 nitrogen and oxygen atoms in total. The second-order valence-electron chi connectivity index (χ2n) is 6.13. The molecule has 0 spiro atoms. The molecule has 0 radical (unpaired) electrons. The van der Waals surface area contributed by atoms with Crippen LogP contribution in [0.2, 0.25) is 0 Å². The Labute approximate surface area is 126 Å². The highest BCUT2D eigenvalue weighted by atomic mass is 15.7. The van der Waals surface area contributed by atoms with Gasteiger partial charge >= 0.3 is 0 Å². The molecule has 1 fully saturated rings. The van der Waals surface area contributed by atoms with E-state index in [9.17, 15) is 0 Å². The lowest BCUT2D eigenvalue weighted by Crippen LogP contribution is -2.53. The summed E-state index contributed by atoms with van der Waals surface area (Å²) in [6.07, 6.45) is 4.89. The molecule has 2 aliphatic rings. The van der Waals surface area contributed by atoms with E-state index in [1.54, 1.807) is 0 Å². The summed E-state index contributed by atoms with van der Waals surface area (Å²) in [5.41, 5.74) is 4.02. The quantitative estimate of drug-likeness (QED) is 0.806. The van der Waals surface area contributed by atoms with Crippen LogP contribution in [0.1, 0.15) is 25.3 Å². The molecule has 2 heterocycles. The molecule has 2 aliphatic heterocycles. The van der Waals surface area contributed by atoms with Crippen molar-refractivity contribution < 1.29 is 0 Å². The van der Waals surface area contributed by atoms with Crippen molar-refractivity contribution in [3.8, 4) is 0 Å². The van der Waals surface area contributed by atoms with Crippen molar-refractivity contribution >= 4 is 11.4 Å². The van der Waals surface area contributed by atoms with E-state index in [0.29, 0.717) is 0 Å². The molecule has 2 aromatic rings. The number of para-hydroxylation sites is 1. The zero-order chi connectivity index (χ0) is 14.3. The van der Waals surface area contributed by atoms with Crippen LogP contribution in [0.25, 0.3) is 5.70 Å². The molecule has 1 atom stereocenters. The van der Waals surface area contributed by atoms with Crippen LogP contribution in [0, 0.1) is 0 Å². The number of benzene rings is 2. The monoisotopic (exact) mass is 276 g/mol. The van der Waals surface area contributed by atoms with Gasteiger partial charge in [0.05, 0.1) is 16.9 Å². The Balaban J connectivity index is 1.80. The maximum Gasteiger partial charge on any atom is 0.0790 e. The minimum Gasteiger partial charge on any atom is -0.284 e. The van der Waals surface area contributed by atoms with Crippen LogP contribution in [-0.2, 0) is 0 Å². The van der Waals surface area contributed by atoms with E-state index in [1.807, 2.05) is 0 Å². The summed E-state index contributed by atoms with van der Waals surface area (Å²) in [5, 5.41) is 4.92. The molecule has 0 aromatic heterocycles. The van der Waals surface area contributed by atoms with Crippen molar-refractivity contribution in [2.45, 2.75) is 25.3 Å². The van der Waals surface area contributed by atoms with Gasteiger partial charge in [0.2, 0.25) is 0 Å². The van der Waals surface area contributed by atoms with Gasteiger partial charge in [-0.05, 0) is 43.5 Å². The first-order valence-corrected chi connectivity index (χ1v) is 7.69. The van der Waals surface area contributed by atoms with Crippen LogP contribution in [0.5, 0.6) is 0 Å². The zero-order valence-corrected chi connectivity index (χ0v) is 12.4. The molecular formula is C19H20N2. The minimum absolute atomic E-state index is 0.0881. The predicted octanol–water partition coefficient (Wildman–Crippen LogP) is 4.32. The molecule has 1 unspecified atom stereocenters. The lowest BCUT2D eigenvalue weighted by atomic mass is 9.93. The molecule has 0 aliphatic carbocycles. The summed E-state index contributed by atoms with van der Waals surface area (Å²) in [6.45, 7) is 3.44. The van der Waals surface area contributed by atoms with Crippen molar-refractivity contribution in [1.82, 2.24) is 5.01 Å². The number of anilines is 1. The zero-order valence-electron chi connectivity index (χ0n) is 12.4. The largest absolute Gasteiger partial charge is 0.284 e. The Bertz CT molecular complexity index is 662. The van der Waals surface area contributed by atoms with Gasteiger partial charge in [0, 0.05) is 6.54 Å².